The Bertz CT molecular complexity index is 310. The highest BCUT2D eigenvalue weighted by molar-refractivity contribution is 5.06. The Morgan fingerprint density at radius 3 is 2.70 bits per heavy atom. The van der Waals surface area contributed by atoms with E-state index in [1.165, 1.54) is 25.9 Å². The van der Waals surface area contributed by atoms with Crippen LogP contribution in [0, 0.1) is 11.3 Å². The Morgan fingerprint density at radius 1 is 1.40 bits per heavy atom. The van der Waals surface area contributed by atoms with Crippen molar-refractivity contribution in [3.8, 4) is 6.07 Å². The summed E-state index contributed by atoms with van der Waals surface area (Å²) in [6.45, 7) is 8.58. The number of piperidine rings is 1. The average Bonchev–Trinajstić information content (AvgIpc) is 2.46. The van der Waals surface area contributed by atoms with Crippen molar-refractivity contribution in [1.82, 2.24) is 15.1 Å². The molecule has 1 aliphatic rings. The average molecular weight is 280 g/mol. The topological polar surface area (TPSA) is 42.3 Å². The molecule has 1 fully saturated rings. The molecule has 4 nitrogen and oxygen atoms in total. The highest BCUT2D eigenvalue weighted by atomic mass is 15.2. The second-order valence-corrected chi connectivity index (χ2v) is 6.24. The quantitative estimate of drug-likeness (QED) is 0.739. The third kappa shape index (κ3) is 5.05. The van der Waals surface area contributed by atoms with Gasteiger partial charge in [-0.05, 0) is 65.8 Å². The van der Waals surface area contributed by atoms with E-state index in [9.17, 15) is 5.26 Å². The number of nitriles is 1. The second-order valence-electron chi connectivity index (χ2n) is 6.24. The lowest BCUT2D eigenvalue weighted by atomic mass is 9.91. The van der Waals surface area contributed by atoms with Crippen molar-refractivity contribution in [3.05, 3.63) is 0 Å². The van der Waals surface area contributed by atoms with Gasteiger partial charge in [0, 0.05) is 12.6 Å². The number of rotatable bonds is 8. The fraction of sp³-hybridized carbons (Fsp3) is 0.938. The van der Waals surface area contributed by atoms with Crippen LogP contribution >= 0.6 is 0 Å². The summed E-state index contributed by atoms with van der Waals surface area (Å²) in [6.07, 6.45) is 5.56. The Kier molecular flexibility index (Phi) is 7.50. The van der Waals surface area contributed by atoms with E-state index in [4.69, 9.17) is 0 Å². The summed E-state index contributed by atoms with van der Waals surface area (Å²) >= 11 is 0. The molecule has 1 aliphatic heterocycles. The number of nitrogens with one attached hydrogen (secondary N) is 1. The third-order valence-electron chi connectivity index (χ3n) is 4.62. The monoisotopic (exact) mass is 280 g/mol. The number of hydrogen-bond donors (Lipinski definition) is 1. The van der Waals surface area contributed by atoms with Gasteiger partial charge in [0.05, 0.1) is 6.07 Å². The SMILES string of the molecule is CCNC(C#N)(CC)CCCN1CCCC(N(C)C)C1. The molecule has 0 aromatic heterocycles. The van der Waals surface area contributed by atoms with Crippen molar-refractivity contribution >= 4 is 0 Å². The zero-order valence-electron chi connectivity index (χ0n) is 13.8. The van der Waals surface area contributed by atoms with Crippen molar-refractivity contribution in [1.29, 1.82) is 5.26 Å². The lowest BCUT2D eigenvalue weighted by Crippen LogP contribution is -2.46. The molecule has 0 aromatic carbocycles. The molecule has 2 atom stereocenters. The van der Waals surface area contributed by atoms with E-state index >= 15 is 0 Å². The highest BCUT2D eigenvalue weighted by Crippen LogP contribution is 2.19. The number of likely N-dealkylation sites (tertiary alicyclic amines) is 1. The molecule has 1 rings (SSSR count). The molecule has 0 bridgehead atoms. The summed E-state index contributed by atoms with van der Waals surface area (Å²) in [5, 5.41) is 12.8. The van der Waals surface area contributed by atoms with Crippen LogP contribution in [-0.2, 0) is 0 Å². The Labute approximate surface area is 125 Å². The van der Waals surface area contributed by atoms with Crippen LogP contribution in [-0.4, -0.2) is 61.7 Å². The first-order valence-electron chi connectivity index (χ1n) is 8.12. The molecule has 116 valence electrons. The lowest BCUT2D eigenvalue weighted by Gasteiger charge is -2.36. The van der Waals surface area contributed by atoms with E-state index in [1.54, 1.807) is 0 Å². The minimum Gasteiger partial charge on any atom is -0.305 e. The molecular formula is C16H32N4. The smallest absolute Gasteiger partial charge is 0.106 e. The Morgan fingerprint density at radius 2 is 2.15 bits per heavy atom. The van der Waals surface area contributed by atoms with Crippen LogP contribution in [0.4, 0.5) is 0 Å². The standard InChI is InChI=1S/C16H32N4/c1-5-16(14-17,18-6-2)10-8-12-20-11-7-9-15(13-20)19(3)4/h15,18H,5-13H2,1-4H3. The summed E-state index contributed by atoms with van der Waals surface area (Å²) in [4.78, 5) is 4.91. The van der Waals surface area contributed by atoms with Crippen molar-refractivity contribution in [2.24, 2.45) is 0 Å². The van der Waals surface area contributed by atoms with Gasteiger partial charge in [-0.15, -0.1) is 0 Å². The summed E-state index contributed by atoms with van der Waals surface area (Å²) < 4.78 is 0. The summed E-state index contributed by atoms with van der Waals surface area (Å²) in [5.74, 6) is 0. The number of nitrogens with zero attached hydrogens (tertiary/aromatic N) is 3. The summed E-state index contributed by atoms with van der Waals surface area (Å²) in [7, 11) is 4.36. The van der Waals surface area contributed by atoms with Gasteiger partial charge >= 0.3 is 0 Å². The molecule has 0 radical (unpaired) electrons. The fourth-order valence-corrected chi connectivity index (χ4v) is 3.16. The minimum atomic E-state index is -0.314. The maximum absolute atomic E-state index is 9.43. The molecular weight excluding hydrogens is 248 g/mol. The number of hydrogen-bond acceptors (Lipinski definition) is 4. The van der Waals surface area contributed by atoms with Crippen molar-refractivity contribution in [2.75, 3.05) is 40.3 Å². The maximum atomic E-state index is 9.43. The van der Waals surface area contributed by atoms with E-state index in [2.05, 4.69) is 49.1 Å². The van der Waals surface area contributed by atoms with Gasteiger partial charge in [0.15, 0.2) is 0 Å². The van der Waals surface area contributed by atoms with Gasteiger partial charge in [0.1, 0.15) is 5.54 Å². The zero-order valence-corrected chi connectivity index (χ0v) is 13.8. The molecule has 1 N–H and O–H groups in total. The zero-order chi connectivity index (χ0) is 15.0. The highest BCUT2D eigenvalue weighted by Gasteiger charge is 2.27. The Hall–Kier alpha value is -0.630. The van der Waals surface area contributed by atoms with Crippen LogP contribution < -0.4 is 5.32 Å². The van der Waals surface area contributed by atoms with E-state index in [-0.39, 0.29) is 5.54 Å². The van der Waals surface area contributed by atoms with E-state index in [0.717, 1.165) is 32.4 Å². The lowest BCUT2D eigenvalue weighted by molar-refractivity contribution is 0.129. The van der Waals surface area contributed by atoms with Crippen LogP contribution in [0.1, 0.15) is 46.0 Å². The molecule has 0 spiro atoms. The molecule has 4 heteroatoms. The predicted molar refractivity (Wildman–Crippen MR) is 84.7 cm³/mol. The minimum absolute atomic E-state index is 0.314. The van der Waals surface area contributed by atoms with Crippen molar-refractivity contribution in [3.63, 3.8) is 0 Å². The first kappa shape index (κ1) is 17.4. The molecule has 0 saturated carbocycles. The molecule has 1 heterocycles. The molecule has 2 unspecified atom stereocenters. The first-order valence-corrected chi connectivity index (χ1v) is 8.12. The van der Waals surface area contributed by atoms with E-state index in [0.29, 0.717) is 6.04 Å². The Balaban J connectivity index is 2.37. The van der Waals surface area contributed by atoms with Crippen molar-refractivity contribution < 1.29 is 0 Å². The largest absolute Gasteiger partial charge is 0.305 e. The van der Waals surface area contributed by atoms with Gasteiger partial charge in [0.25, 0.3) is 0 Å². The first-order chi connectivity index (χ1) is 9.56. The van der Waals surface area contributed by atoms with Crippen molar-refractivity contribution in [2.45, 2.75) is 57.5 Å². The molecule has 20 heavy (non-hydrogen) atoms. The van der Waals surface area contributed by atoms with E-state index in [1.807, 2.05) is 0 Å². The van der Waals surface area contributed by atoms with Gasteiger partial charge in [0.2, 0.25) is 0 Å². The summed E-state index contributed by atoms with van der Waals surface area (Å²) in [5.41, 5.74) is -0.314. The molecule has 0 aliphatic carbocycles. The van der Waals surface area contributed by atoms with Crippen LogP contribution in [0.15, 0.2) is 0 Å². The van der Waals surface area contributed by atoms with Gasteiger partial charge in [-0.25, -0.2) is 0 Å². The van der Waals surface area contributed by atoms with E-state index < -0.39 is 0 Å². The van der Waals surface area contributed by atoms with Crippen LogP contribution in [0.3, 0.4) is 0 Å². The maximum Gasteiger partial charge on any atom is 0.106 e. The molecule has 0 aromatic rings. The fourth-order valence-electron chi connectivity index (χ4n) is 3.16. The molecule has 0 amide bonds. The van der Waals surface area contributed by atoms with Crippen LogP contribution in [0.5, 0.6) is 0 Å². The van der Waals surface area contributed by atoms with Crippen LogP contribution in [0.2, 0.25) is 0 Å². The van der Waals surface area contributed by atoms with Gasteiger partial charge < -0.3 is 9.80 Å². The van der Waals surface area contributed by atoms with Crippen LogP contribution in [0.25, 0.3) is 0 Å². The van der Waals surface area contributed by atoms with Gasteiger partial charge in [-0.3, -0.25) is 5.32 Å². The van der Waals surface area contributed by atoms with Gasteiger partial charge in [-0.2, -0.15) is 5.26 Å². The normalized spacial score (nSPS) is 23.5. The predicted octanol–water partition coefficient (Wildman–Crippen LogP) is 2.07. The molecule has 1 saturated heterocycles. The number of likely N-dealkylation sites (N-methyl/N-ethyl adjacent to an activating group) is 1. The second kappa shape index (κ2) is 8.61. The summed E-state index contributed by atoms with van der Waals surface area (Å²) in [6, 6.07) is 3.19. The van der Waals surface area contributed by atoms with Gasteiger partial charge in [-0.1, -0.05) is 13.8 Å². The third-order valence-corrected chi connectivity index (χ3v) is 4.62.